The summed E-state index contributed by atoms with van der Waals surface area (Å²) in [6.45, 7) is 2.82. The molecule has 3 aromatic rings. The fraction of sp³-hybridized carbons (Fsp3) is 0.515. The average molecular weight is 562 g/mol. The molecule has 0 bridgehead atoms. The van der Waals surface area contributed by atoms with Crippen LogP contribution in [0.2, 0.25) is 5.02 Å². The average Bonchev–Trinajstić information content (AvgIpc) is 3.49. The molecule has 2 aliphatic carbocycles. The molecule has 3 heterocycles. The van der Waals surface area contributed by atoms with E-state index < -0.39 is 0 Å². The van der Waals surface area contributed by atoms with Crippen molar-refractivity contribution >= 4 is 17.4 Å². The Labute approximate surface area is 242 Å². The van der Waals surface area contributed by atoms with Crippen molar-refractivity contribution in [3.63, 3.8) is 0 Å². The Morgan fingerprint density at radius 3 is 2.62 bits per heavy atom. The fourth-order valence-corrected chi connectivity index (χ4v) is 7.24. The summed E-state index contributed by atoms with van der Waals surface area (Å²) in [5.41, 5.74) is 3.72. The van der Waals surface area contributed by atoms with Gasteiger partial charge >= 0.3 is 0 Å². The van der Waals surface area contributed by atoms with E-state index >= 15 is 0 Å². The second kappa shape index (κ2) is 13.0. The van der Waals surface area contributed by atoms with Gasteiger partial charge in [-0.1, -0.05) is 29.8 Å². The van der Waals surface area contributed by atoms with Gasteiger partial charge in [0.15, 0.2) is 0 Å². The van der Waals surface area contributed by atoms with Crippen LogP contribution in [0.15, 0.2) is 54.7 Å². The van der Waals surface area contributed by atoms with E-state index in [1.54, 1.807) is 12.3 Å². The minimum absolute atomic E-state index is 0.234. The highest BCUT2D eigenvalue weighted by Crippen LogP contribution is 2.46. The van der Waals surface area contributed by atoms with E-state index in [9.17, 15) is 4.39 Å². The van der Waals surface area contributed by atoms with E-state index in [1.807, 2.05) is 24.3 Å². The Bertz CT molecular complexity index is 1270. The molecule has 1 aromatic carbocycles. The topological polar surface area (TPSA) is 61.9 Å². The van der Waals surface area contributed by atoms with Crippen LogP contribution < -0.4 is 16.0 Å². The summed E-state index contributed by atoms with van der Waals surface area (Å²) in [5.74, 6) is 2.90. The summed E-state index contributed by atoms with van der Waals surface area (Å²) in [6.07, 6.45) is 13.5. The first-order chi connectivity index (χ1) is 19.6. The zero-order valence-electron chi connectivity index (χ0n) is 23.2. The van der Waals surface area contributed by atoms with E-state index in [4.69, 9.17) is 21.6 Å². The van der Waals surface area contributed by atoms with Gasteiger partial charge < -0.3 is 16.0 Å². The van der Waals surface area contributed by atoms with Crippen LogP contribution in [0.1, 0.15) is 62.6 Å². The first kappa shape index (κ1) is 27.6. The maximum absolute atomic E-state index is 13.5. The minimum Gasteiger partial charge on any atom is -0.366 e. The van der Waals surface area contributed by atoms with E-state index in [2.05, 4.69) is 22.0 Å². The highest BCUT2D eigenvalue weighted by molar-refractivity contribution is 6.33. The van der Waals surface area contributed by atoms with Crippen molar-refractivity contribution in [1.82, 2.24) is 20.6 Å². The van der Waals surface area contributed by atoms with Gasteiger partial charge in [0, 0.05) is 42.6 Å². The number of nitrogens with zero attached hydrogens (tertiary/aromatic N) is 2. The van der Waals surface area contributed by atoms with Crippen LogP contribution >= 0.6 is 11.6 Å². The molecule has 3 unspecified atom stereocenters. The monoisotopic (exact) mass is 561 g/mol. The predicted octanol–water partition coefficient (Wildman–Crippen LogP) is 7.02. The van der Waals surface area contributed by atoms with Gasteiger partial charge in [0.05, 0.1) is 10.7 Å². The van der Waals surface area contributed by atoms with Gasteiger partial charge in [-0.2, -0.15) is 0 Å². The van der Waals surface area contributed by atoms with Crippen LogP contribution in [0.5, 0.6) is 0 Å². The molecule has 5 nitrogen and oxygen atoms in total. The van der Waals surface area contributed by atoms with E-state index in [-0.39, 0.29) is 5.82 Å². The quantitative estimate of drug-likeness (QED) is 0.248. The standard InChI is InChI=1S/C33H41ClFN5/c34-31-21-38-28(18-30(31)32-7-2-8-33(40-32)39-19-22-4-1-5-25(35)16-22)17-24-11-14-29(24)23-9-12-26(13-10-23)37-20-27-6-3-15-36-27/h1-2,4-5,7-8,16,18,21,23-24,26-27,29,36-37H,3,6,9-15,17,19-20H2,(H,39,40). The number of rotatable bonds is 10. The molecule has 1 saturated heterocycles. The number of anilines is 1. The lowest BCUT2D eigenvalue weighted by atomic mass is 9.61. The van der Waals surface area contributed by atoms with Crippen LogP contribution in [-0.4, -0.2) is 35.1 Å². The van der Waals surface area contributed by atoms with Gasteiger partial charge in [-0.15, -0.1) is 0 Å². The third-order valence-corrected chi connectivity index (χ3v) is 9.74. The summed E-state index contributed by atoms with van der Waals surface area (Å²) in [4.78, 5) is 9.52. The lowest BCUT2D eigenvalue weighted by Gasteiger charge is -2.45. The summed E-state index contributed by atoms with van der Waals surface area (Å²) < 4.78 is 13.5. The van der Waals surface area contributed by atoms with Crippen molar-refractivity contribution in [2.45, 2.75) is 76.4 Å². The Hall–Kier alpha value is -2.54. The van der Waals surface area contributed by atoms with Crippen molar-refractivity contribution in [1.29, 1.82) is 0 Å². The Kier molecular flexibility index (Phi) is 8.95. The molecule has 3 N–H and O–H groups in total. The van der Waals surface area contributed by atoms with Crippen LogP contribution in [-0.2, 0) is 13.0 Å². The maximum Gasteiger partial charge on any atom is 0.126 e. The number of hydrogen-bond donors (Lipinski definition) is 3. The number of hydrogen-bond acceptors (Lipinski definition) is 5. The number of halogens is 2. The molecule has 3 fully saturated rings. The van der Waals surface area contributed by atoms with Crippen molar-refractivity contribution in [3.8, 4) is 11.3 Å². The van der Waals surface area contributed by atoms with Crippen LogP contribution in [0.3, 0.4) is 0 Å². The second-order valence-electron chi connectivity index (χ2n) is 12.1. The first-order valence-corrected chi connectivity index (χ1v) is 15.6. The number of aromatic nitrogens is 2. The summed E-state index contributed by atoms with van der Waals surface area (Å²) in [7, 11) is 0. The first-order valence-electron chi connectivity index (χ1n) is 15.2. The summed E-state index contributed by atoms with van der Waals surface area (Å²) in [6, 6.07) is 16.0. The molecule has 0 spiro atoms. The molecule has 7 heteroatoms. The summed E-state index contributed by atoms with van der Waals surface area (Å²) in [5, 5.41) is 11.4. The number of pyridine rings is 2. The van der Waals surface area contributed by atoms with E-state index in [0.717, 1.165) is 53.1 Å². The molecule has 0 radical (unpaired) electrons. The van der Waals surface area contributed by atoms with Gasteiger partial charge in [-0.05, 0) is 118 Å². The zero-order chi connectivity index (χ0) is 27.3. The number of benzene rings is 1. The largest absolute Gasteiger partial charge is 0.366 e. The number of nitrogens with one attached hydrogen (secondary N) is 3. The van der Waals surface area contributed by atoms with Crippen LogP contribution in [0.25, 0.3) is 11.3 Å². The normalized spacial score (nSPS) is 26.4. The molecule has 3 aliphatic rings. The molecular formula is C33H41ClFN5. The molecule has 2 aromatic heterocycles. The molecule has 3 atom stereocenters. The lowest BCUT2D eigenvalue weighted by molar-refractivity contribution is 0.0718. The smallest absolute Gasteiger partial charge is 0.126 e. The predicted molar refractivity (Wildman–Crippen MR) is 161 cm³/mol. The SMILES string of the molecule is Fc1cccc(CNc2cccc(-c3cc(CC4CCC4C4CCC(NCC5CCCN5)CC4)ncc3Cl)n2)c1. The van der Waals surface area contributed by atoms with Gasteiger partial charge in [0.1, 0.15) is 11.6 Å². The molecule has 6 rings (SSSR count). The fourth-order valence-electron chi connectivity index (χ4n) is 7.04. The minimum atomic E-state index is -0.234. The van der Waals surface area contributed by atoms with E-state index in [1.165, 1.54) is 70.0 Å². The third-order valence-electron chi connectivity index (χ3n) is 9.44. The zero-order valence-corrected chi connectivity index (χ0v) is 24.0. The molecular weight excluding hydrogens is 521 g/mol. The van der Waals surface area contributed by atoms with Crippen LogP contribution in [0, 0.1) is 23.6 Å². The lowest BCUT2D eigenvalue weighted by Crippen LogP contribution is -2.43. The van der Waals surface area contributed by atoms with Crippen LogP contribution in [0.4, 0.5) is 10.2 Å². The molecule has 212 valence electrons. The summed E-state index contributed by atoms with van der Waals surface area (Å²) >= 11 is 6.61. The van der Waals surface area contributed by atoms with E-state index in [0.29, 0.717) is 29.6 Å². The highest BCUT2D eigenvalue weighted by atomic mass is 35.5. The van der Waals surface area contributed by atoms with Gasteiger partial charge in [0.25, 0.3) is 0 Å². The molecule has 40 heavy (non-hydrogen) atoms. The van der Waals surface area contributed by atoms with Gasteiger partial charge in [-0.3, -0.25) is 4.98 Å². The van der Waals surface area contributed by atoms with Gasteiger partial charge in [-0.25, -0.2) is 9.37 Å². The maximum atomic E-state index is 13.5. The molecule has 0 amide bonds. The molecule has 2 saturated carbocycles. The van der Waals surface area contributed by atoms with Gasteiger partial charge in [0.2, 0.25) is 0 Å². The third kappa shape index (κ3) is 6.84. The second-order valence-corrected chi connectivity index (χ2v) is 12.5. The Morgan fingerprint density at radius 1 is 0.975 bits per heavy atom. The van der Waals surface area contributed by atoms with Crippen molar-refractivity contribution in [2.24, 2.45) is 17.8 Å². The highest BCUT2D eigenvalue weighted by Gasteiger charge is 2.38. The Morgan fingerprint density at radius 2 is 1.85 bits per heavy atom. The Balaban J connectivity index is 1.04. The molecule has 1 aliphatic heterocycles. The van der Waals surface area contributed by atoms with Crippen molar-refractivity contribution in [2.75, 3.05) is 18.4 Å². The van der Waals surface area contributed by atoms with Crippen molar-refractivity contribution < 1.29 is 4.39 Å². The van der Waals surface area contributed by atoms with Crippen molar-refractivity contribution in [3.05, 3.63) is 76.8 Å².